The van der Waals surface area contributed by atoms with Gasteiger partial charge in [0.2, 0.25) is 0 Å². The predicted octanol–water partition coefficient (Wildman–Crippen LogP) is 3.35. The fourth-order valence-electron chi connectivity index (χ4n) is 3.74. The molecule has 0 aromatic carbocycles. The number of hydrogen-bond donors (Lipinski definition) is 0. The second-order valence-corrected chi connectivity index (χ2v) is 7.65. The SMILES string of the molecule is CCOC(=O)C(Cc1cccnc1)c1nnc2c(C3CC3)nc(-c3cccnc3)cn12. The number of esters is 1. The molecular weight excluding hydrogens is 392 g/mol. The van der Waals surface area contributed by atoms with Crippen molar-refractivity contribution in [3.8, 4) is 11.3 Å². The molecule has 0 saturated heterocycles. The van der Waals surface area contributed by atoms with Crippen LogP contribution >= 0.6 is 0 Å². The normalized spacial score (nSPS) is 14.5. The Kier molecular flexibility index (Phi) is 5.11. The van der Waals surface area contributed by atoms with Gasteiger partial charge in [-0.15, -0.1) is 10.2 Å². The van der Waals surface area contributed by atoms with E-state index in [2.05, 4.69) is 20.2 Å². The Bertz CT molecular complexity index is 1200. The molecule has 5 rings (SSSR count). The van der Waals surface area contributed by atoms with Crippen molar-refractivity contribution in [2.75, 3.05) is 6.61 Å². The minimum absolute atomic E-state index is 0.301. The predicted molar refractivity (Wildman–Crippen MR) is 113 cm³/mol. The molecule has 0 bridgehead atoms. The summed E-state index contributed by atoms with van der Waals surface area (Å²) in [6, 6.07) is 7.66. The first-order valence-corrected chi connectivity index (χ1v) is 10.5. The van der Waals surface area contributed by atoms with Crippen LogP contribution < -0.4 is 0 Å². The largest absolute Gasteiger partial charge is 0.465 e. The van der Waals surface area contributed by atoms with Gasteiger partial charge < -0.3 is 4.74 Å². The lowest BCUT2D eigenvalue weighted by Crippen LogP contribution is -2.21. The molecule has 8 nitrogen and oxygen atoms in total. The molecule has 31 heavy (non-hydrogen) atoms. The fourth-order valence-corrected chi connectivity index (χ4v) is 3.74. The smallest absolute Gasteiger partial charge is 0.317 e. The summed E-state index contributed by atoms with van der Waals surface area (Å²) in [4.78, 5) is 26.2. The molecule has 156 valence electrons. The van der Waals surface area contributed by atoms with Gasteiger partial charge in [0.1, 0.15) is 5.92 Å². The Hall–Kier alpha value is -3.68. The highest BCUT2D eigenvalue weighted by atomic mass is 16.5. The van der Waals surface area contributed by atoms with Crippen LogP contribution in [-0.4, -0.2) is 42.1 Å². The van der Waals surface area contributed by atoms with Crippen LogP contribution in [0.4, 0.5) is 0 Å². The third-order valence-electron chi connectivity index (χ3n) is 5.41. The molecule has 1 aliphatic rings. The van der Waals surface area contributed by atoms with Gasteiger partial charge in [-0.1, -0.05) is 6.07 Å². The number of hydrogen-bond acceptors (Lipinski definition) is 7. The second kappa shape index (κ2) is 8.22. The summed E-state index contributed by atoms with van der Waals surface area (Å²) >= 11 is 0. The van der Waals surface area contributed by atoms with Gasteiger partial charge in [0.05, 0.1) is 18.0 Å². The first-order chi connectivity index (χ1) is 15.2. The minimum Gasteiger partial charge on any atom is -0.465 e. The number of pyridine rings is 2. The molecule has 4 aromatic heterocycles. The highest BCUT2D eigenvalue weighted by molar-refractivity contribution is 5.78. The molecule has 1 atom stereocenters. The summed E-state index contributed by atoms with van der Waals surface area (Å²) in [5, 5.41) is 8.87. The van der Waals surface area contributed by atoms with Crippen LogP contribution in [0.5, 0.6) is 0 Å². The summed E-state index contributed by atoms with van der Waals surface area (Å²) in [5.74, 6) is -0.00834. The van der Waals surface area contributed by atoms with Crippen LogP contribution in [0.15, 0.2) is 55.2 Å². The molecule has 8 heteroatoms. The molecule has 0 spiro atoms. The zero-order chi connectivity index (χ0) is 21.2. The van der Waals surface area contributed by atoms with E-state index in [1.165, 1.54) is 0 Å². The Morgan fingerprint density at radius 2 is 1.97 bits per heavy atom. The van der Waals surface area contributed by atoms with Crippen molar-refractivity contribution in [2.24, 2.45) is 0 Å². The summed E-state index contributed by atoms with van der Waals surface area (Å²) in [7, 11) is 0. The number of carbonyl (C=O) groups excluding carboxylic acids is 1. The van der Waals surface area contributed by atoms with E-state index in [1.54, 1.807) is 31.7 Å². The van der Waals surface area contributed by atoms with Gasteiger partial charge in [0, 0.05) is 42.5 Å². The van der Waals surface area contributed by atoms with Crippen LogP contribution in [0, 0.1) is 0 Å². The molecular formula is C23H22N6O2. The van der Waals surface area contributed by atoms with Gasteiger partial charge in [0.25, 0.3) is 0 Å². The summed E-state index contributed by atoms with van der Waals surface area (Å²) in [6.45, 7) is 2.10. The fraction of sp³-hybridized carbons (Fsp3) is 0.304. The number of fused-ring (bicyclic) bond motifs is 1. The van der Waals surface area contributed by atoms with Gasteiger partial charge in [-0.2, -0.15) is 0 Å². The molecule has 0 aliphatic heterocycles. The Labute approximate surface area is 179 Å². The lowest BCUT2D eigenvalue weighted by Gasteiger charge is -2.15. The van der Waals surface area contributed by atoms with Crippen LogP contribution in [0.25, 0.3) is 16.9 Å². The van der Waals surface area contributed by atoms with Crippen LogP contribution in [0.2, 0.25) is 0 Å². The molecule has 0 N–H and O–H groups in total. The molecule has 4 heterocycles. The van der Waals surface area contributed by atoms with Crippen molar-refractivity contribution < 1.29 is 9.53 Å². The first kappa shape index (κ1) is 19.3. The number of ether oxygens (including phenoxy) is 1. The van der Waals surface area contributed by atoms with Crippen molar-refractivity contribution >= 4 is 11.6 Å². The Balaban J connectivity index is 1.65. The highest BCUT2D eigenvalue weighted by Crippen LogP contribution is 2.41. The minimum atomic E-state index is -0.602. The molecule has 1 saturated carbocycles. The summed E-state index contributed by atoms with van der Waals surface area (Å²) in [5.41, 5.74) is 4.24. The maximum absolute atomic E-state index is 12.9. The molecule has 4 aromatic rings. The molecule has 1 aliphatic carbocycles. The van der Waals surface area contributed by atoms with Crippen LogP contribution in [-0.2, 0) is 16.0 Å². The standard InChI is InChI=1S/C23H22N6O2/c1-2-31-23(30)18(11-15-5-3-9-24-12-15)21-27-28-22-20(16-7-8-16)26-19(14-29(21)22)17-6-4-10-25-13-17/h3-6,9-10,12-14,16,18H,2,7-8,11H2,1H3. The van der Waals surface area contributed by atoms with E-state index in [4.69, 9.17) is 9.72 Å². The van der Waals surface area contributed by atoms with Crippen molar-refractivity contribution in [1.29, 1.82) is 0 Å². The lowest BCUT2D eigenvalue weighted by molar-refractivity contribution is -0.145. The van der Waals surface area contributed by atoms with Crippen LogP contribution in [0.1, 0.15) is 48.7 Å². The van der Waals surface area contributed by atoms with Crippen LogP contribution in [0.3, 0.4) is 0 Å². The van der Waals surface area contributed by atoms with E-state index in [0.29, 0.717) is 30.4 Å². The zero-order valence-corrected chi connectivity index (χ0v) is 17.2. The van der Waals surface area contributed by atoms with E-state index in [0.717, 1.165) is 35.4 Å². The maximum Gasteiger partial charge on any atom is 0.317 e. The van der Waals surface area contributed by atoms with Crippen molar-refractivity contribution in [2.45, 2.75) is 38.0 Å². The van der Waals surface area contributed by atoms with E-state index in [-0.39, 0.29) is 5.97 Å². The highest BCUT2D eigenvalue weighted by Gasteiger charge is 2.33. The third kappa shape index (κ3) is 3.88. The van der Waals surface area contributed by atoms with Gasteiger partial charge >= 0.3 is 5.97 Å². The van der Waals surface area contributed by atoms with E-state index in [1.807, 2.05) is 34.9 Å². The average Bonchev–Trinajstić information content (AvgIpc) is 3.57. The number of carbonyl (C=O) groups is 1. The molecule has 1 unspecified atom stereocenters. The van der Waals surface area contributed by atoms with Gasteiger partial charge in [-0.3, -0.25) is 19.2 Å². The van der Waals surface area contributed by atoms with Gasteiger partial charge in [-0.25, -0.2) is 4.98 Å². The molecule has 1 fully saturated rings. The maximum atomic E-state index is 12.9. The summed E-state index contributed by atoms with van der Waals surface area (Å²) < 4.78 is 7.29. The number of nitrogens with zero attached hydrogens (tertiary/aromatic N) is 6. The zero-order valence-electron chi connectivity index (χ0n) is 17.2. The van der Waals surface area contributed by atoms with Crippen molar-refractivity contribution in [3.05, 3.63) is 72.3 Å². The molecule has 0 amide bonds. The first-order valence-electron chi connectivity index (χ1n) is 10.5. The lowest BCUT2D eigenvalue weighted by atomic mass is 9.99. The second-order valence-electron chi connectivity index (χ2n) is 7.65. The van der Waals surface area contributed by atoms with Crippen molar-refractivity contribution in [1.82, 2.24) is 29.5 Å². The summed E-state index contributed by atoms with van der Waals surface area (Å²) in [6.07, 6.45) is 11.5. The average molecular weight is 414 g/mol. The topological polar surface area (TPSA) is 95.2 Å². The molecule has 0 radical (unpaired) electrons. The third-order valence-corrected chi connectivity index (χ3v) is 5.41. The van der Waals surface area contributed by atoms with E-state index >= 15 is 0 Å². The number of aromatic nitrogens is 6. The monoisotopic (exact) mass is 414 g/mol. The van der Waals surface area contributed by atoms with E-state index in [9.17, 15) is 4.79 Å². The van der Waals surface area contributed by atoms with E-state index < -0.39 is 5.92 Å². The van der Waals surface area contributed by atoms with Gasteiger partial charge in [-0.05, 0) is 49.9 Å². The van der Waals surface area contributed by atoms with Crippen molar-refractivity contribution in [3.63, 3.8) is 0 Å². The van der Waals surface area contributed by atoms with Gasteiger partial charge in [0.15, 0.2) is 11.5 Å². The quantitative estimate of drug-likeness (QED) is 0.428. The Morgan fingerprint density at radius 1 is 1.16 bits per heavy atom. The Morgan fingerprint density at radius 3 is 2.65 bits per heavy atom. The number of rotatable bonds is 7.